The van der Waals surface area contributed by atoms with Crippen LogP contribution in [0.3, 0.4) is 0 Å². The van der Waals surface area contributed by atoms with E-state index in [1.807, 2.05) is 0 Å². The molecule has 2 N–H and O–H groups in total. The van der Waals surface area contributed by atoms with Crippen molar-refractivity contribution in [1.29, 1.82) is 0 Å². The predicted molar refractivity (Wildman–Crippen MR) is 153 cm³/mol. The molecule has 1 heterocycles. The van der Waals surface area contributed by atoms with Gasteiger partial charge in [0.1, 0.15) is 0 Å². The Morgan fingerprint density at radius 2 is 1.68 bits per heavy atom. The second kappa shape index (κ2) is 8.75. The summed E-state index contributed by atoms with van der Waals surface area (Å²) in [5.41, 5.74) is 1.39. The molecule has 5 aliphatic carbocycles. The summed E-state index contributed by atoms with van der Waals surface area (Å²) in [4.78, 5) is 27.8. The van der Waals surface area contributed by atoms with E-state index in [0.717, 1.165) is 56.1 Å². The van der Waals surface area contributed by atoms with Gasteiger partial charge < -0.3 is 9.52 Å². The van der Waals surface area contributed by atoms with Crippen LogP contribution >= 0.6 is 0 Å². The number of allylic oxidation sites excluding steroid dienone is 1. The van der Waals surface area contributed by atoms with Crippen LogP contribution in [-0.4, -0.2) is 33.1 Å². The topological polar surface area (TPSA) is 105 Å². The number of fused-ring (bicyclic) bond motifs is 7. The van der Waals surface area contributed by atoms with E-state index in [1.165, 1.54) is 0 Å². The van der Waals surface area contributed by atoms with Crippen molar-refractivity contribution in [3.05, 3.63) is 17.0 Å². The molecule has 1 amide bonds. The average molecular weight is 552 g/mol. The first-order valence-electron chi connectivity index (χ1n) is 15.7. The summed E-state index contributed by atoms with van der Waals surface area (Å²) in [5, 5.41) is 21.8. The van der Waals surface area contributed by atoms with E-state index >= 15 is 0 Å². The molecule has 8 atom stereocenters. The van der Waals surface area contributed by atoms with Crippen LogP contribution in [0.4, 0.5) is 6.01 Å². The molecular weight excluding hydrogens is 502 g/mol. The van der Waals surface area contributed by atoms with Crippen LogP contribution in [-0.2, 0) is 9.59 Å². The number of aromatic nitrogens is 2. The molecule has 0 spiro atoms. The van der Waals surface area contributed by atoms with Crippen molar-refractivity contribution in [2.45, 2.75) is 119 Å². The number of hydrogen-bond donors (Lipinski definition) is 2. The fourth-order valence-corrected chi connectivity index (χ4v) is 11.4. The number of aliphatic hydroxyl groups is 1. The Morgan fingerprint density at radius 1 is 0.950 bits per heavy atom. The Hall–Kier alpha value is -2.02. The molecule has 40 heavy (non-hydrogen) atoms. The highest BCUT2D eigenvalue weighted by molar-refractivity contribution is 6.09. The molecule has 0 radical (unpaired) electrons. The van der Waals surface area contributed by atoms with Crippen molar-refractivity contribution in [2.75, 3.05) is 5.32 Å². The van der Waals surface area contributed by atoms with Crippen LogP contribution in [0.25, 0.3) is 0 Å². The Bertz CT molecular complexity index is 1280. The molecule has 1 aromatic heterocycles. The maximum atomic E-state index is 14.1. The Morgan fingerprint density at radius 3 is 2.33 bits per heavy atom. The minimum absolute atomic E-state index is 0.00491. The number of rotatable bonds is 3. The van der Waals surface area contributed by atoms with Crippen LogP contribution in [0, 0.1) is 57.7 Å². The van der Waals surface area contributed by atoms with Gasteiger partial charge in [0, 0.05) is 13.3 Å². The van der Waals surface area contributed by atoms with Gasteiger partial charge in [0.15, 0.2) is 5.78 Å². The zero-order chi connectivity index (χ0) is 29.0. The highest BCUT2D eigenvalue weighted by Gasteiger charge is 2.70. The molecule has 7 nitrogen and oxygen atoms in total. The number of carbonyl (C=O) groups excluding carboxylic acids is 2. The maximum absolute atomic E-state index is 14.1. The quantitative estimate of drug-likeness (QED) is 0.435. The molecule has 0 saturated heterocycles. The number of Topliss-reactive ketones (excluding diaryl/α,β-unsaturated/α-hetero) is 1. The molecule has 0 aromatic carbocycles. The molecule has 4 fully saturated rings. The molecule has 7 heteroatoms. The molecule has 1 aromatic rings. The van der Waals surface area contributed by atoms with Gasteiger partial charge in [0.05, 0.1) is 11.5 Å². The van der Waals surface area contributed by atoms with E-state index in [-0.39, 0.29) is 63.7 Å². The van der Waals surface area contributed by atoms with Crippen molar-refractivity contribution in [1.82, 2.24) is 10.2 Å². The maximum Gasteiger partial charge on any atom is 0.322 e. The first-order valence-corrected chi connectivity index (χ1v) is 15.7. The standard InChI is InChI=1S/C33H49N3O4/c1-18(2)25-21(37)17-33(27(39)34-28-36-35-19(3)40-28)16-15-31(7)20(26(25)33)9-10-23-30(6)13-12-24(38)29(4,5)22(30)11-14-32(23,31)8/h18,20,22-24,38H,9-17H2,1-8H3,(H,34,36,39)/t20-,22?,23?,24+,30+,31-,32-,33-/m1/s1. The number of anilines is 1. The minimum Gasteiger partial charge on any atom is -0.408 e. The molecule has 0 bridgehead atoms. The third-order valence-electron chi connectivity index (χ3n) is 13.6. The molecule has 0 aliphatic heterocycles. The summed E-state index contributed by atoms with van der Waals surface area (Å²) in [7, 11) is 0. The van der Waals surface area contributed by atoms with Gasteiger partial charge in [-0.3, -0.25) is 14.9 Å². The molecule has 6 rings (SSSR count). The molecule has 220 valence electrons. The van der Waals surface area contributed by atoms with Gasteiger partial charge in [-0.15, -0.1) is 5.10 Å². The summed E-state index contributed by atoms with van der Waals surface area (Å²) < 4.78 is 5.52. The third-order valence-corrected chi connectivity index (χ3v) is 13.6. The van der Waals surface area contributed by atoms with Crippen molar-refractivity contribution < 1.29 is 19.1 Å². The fraction of sp³-hybridized carbons (Fsp3) is 0.818. The minimum atomic E-state index is -0.843. The van der Waals surface area contributed by atoms with E-state index in [0.29, 0.717) is 24.1 Å². The van der Waals surface area contributed by atoms with E-state index in [9.17, 15) is 14.7 Å². The number of aliphatic hydroxyl groups excluding tert-OH is 1. The van der Waals surface area contributed by atoms with Gasteiger partial charge in [-0.2, -0.15) is 0 Å². The number of carbonyl (C=O) groups is 2. The lowest BCUT2D eigenvalue weighted by Gasteiger charge is -2.72. The SMILES string of the molecule is Cc1nnc(NC(=O)[C@@]23CC[C@]4(C)[C@H](CCC5[C@@]6(C)CC[C@H](O)C(C)(C)C6CC[C@]54C)C2=C(C(C)C)C(=O)C3)o1. The largest absolute Gasteiger partial charge is 0.408 e. The van der Waals surface area contributed by atoms with Crippen LogP contribution in [0.15, 0.2) is 15.6 Å². The molecule has 2 unspecified atom stereocenters. The first-order chi connectivity index (χ1) is 18.6. The number of nitrogens with zero attached hydrogens (tertiary/aromatic N) is 2. The number of ketones is 1. The van der Waals surface area contributed by atoms with Crippen LogP contribution in [0.1, 0.15) is 112 Å². The number of amides is 1. The lowest BCUT2D eigenvalue weighted by Crippen LogP contribution is -2.66. The summed E-state index contributed by atoms with van der Waals surface area (Å²) in [6.45, 7) is 18.1. The van der Waals surface area contributed by atoms with Gasteiger partial charge >= 0.3 is 6.01 Å². The van der Waals surface area contributed by atoms with Crippen molar-refractivity contribution >= 4 is 17.7 Å². The highest BCUT2D eigenvalue weighted by Crippen LogP contribution is 2.76. The molecule has 4 saturated carbocycles. The van der Waals surface area contributed by atoms with E-state index in [4.69, 9.17) is 4.42 Å². The van der Waals surface area contributed by atoms with Gasteiger partial charge in [0.2, 0.25) is 11.8 Å². The van der Waals surface area contributed by atoms with Gasteiger partial charge in [-0.1, -0.05) is 53.6 Å². The Balaban J connectivity index is 1.42. The Kier molecular flexibility index (Phi) is 6.15. The monoisotopic (exact) mass is 551 g/mol. The third kappa shape index (κ3) is 3.45. The van der Waals surface area contributed by atoms with E-state index < -0.39 is 5.41 Å². The Labute approximate surface area is 239 Å². The van der Waals surface area contributed by atoms with E-state index in [2.05, 4.69) is 64.0 Å². The summed E-state index contributed by atoms with van der Waals surface area (Å²) >= 11 is 0. The van der Waals surface area contributed by atoms with Crippen molar-refractivity contribution in [3.63, 3.8) is 0 Å². The average Bonchev–Trinajstić information content (AvgIpc) is 3.42. The van der Waals surface area contributed by atoms with Crippen LogP contribution in [0.2, 0.25) is 0 Å². The second-order valence-corrected chi connectivity index (χ2v) is 15.7. The lowest BCUT2D eigenvalue weighted by molar-refractivity contribution is -0.228. The molecular formula is C33H49N3O4. The first kappa shape index (κ1) is 28.1. The van der Waals surface area contributed by atoms with E-state index in [1.54, 1.807) is 6.92 Å². The fourth-order valence-electron chi connectivity index (χ4n) is 11.4. The number of nitrogens with one attached hydrogen (secondary N) is 1. The lowest BCUT2D eigenvalue weighted by atomic mass is 9.33. The van der Waals surface area contributed by atoms with Gasteiger partial charge in [-0.05, 0) is 108 Å². The zero-order valence-corrected chi connectivity index (χ0v) is 25.8. The van der Waals surface area contributed by atoms with Crippen LogP contribution in [0.5, 0.6) is 0 Å². The summed E-state index contributed by atoms with van der Waals surface area (Å²) in [5.74, 6) is 1.72. The number of hydrogen-bond acceptors (Lipinski definition) is 6. The van der Waals surface area contributed by atoms with Gasteiger partial charge in [0.25, 0.3) is 0 Å². The smallest absolute Gasteiger partial charge is 0.322 e. The van der Waals surface area contributed by atoms with Crippen LogP contribution < -0.4 is 5.32 Å². The number of aryl methyl sites for hydroxylation is 1. The highest BCUT2D eigenvalue weighted by atomic mass is 16.4. The zero-order valence-electron chi connectivity index (χ0n) is 25.8. The molecule has 5 aliphatic rings. The predicted octanol–water partition coefficient (Wildman–Crippen LogP) is 6.66. The normalized spacial score (nSPS) is 44.1. The van der Waals surface area contributed by atoms with Gasteiger partial charge in [-0.25, -0.2) is 0 Å². The summed E-state index contributed by atoms with van der Waals surface area (Å²) in [6, 6.07) is 0.110. The van der Waals surface area contributed by atoms with Crippen molar-refractivity contribution in [3.8, 4) is 0 Å². The van der Waals surface area contributed by atoms with Crippen molar-refractivity contribution in [2.24, 2.45) is 50.7 Å². The summed E-state index contributed by atoms with van der Waals surface area (Å²) in [6.07, 6.45) is 7.95. The second-order valence-electron chi connectivity index (χ2n) is 15.7.